The van der Waals surface area contributed by atoms with E-state index < -0.39 is 15.9 Å². The lowest BCUT2D eigenvalue weighted by atomic mass is 10.4. The molecule has 7 heteroatoms. The summed E-state index contributed by atoms with van der Waals surface area (Å²) < 4.78 is 23.5. The number of aliphatic hydroxyl groups is 1. The molecule has 0 aliphatic rings. The molecule has 0 saturated carbocycles. The first-order valence-electron chi connectivity index (χ1n) is 4.04. The lowest BCUT2D eigenvalue weighted by Crippen LogP contribution is -2.25. The summed E-state index contributed by atoms with van der Waals surface area (Å²) in [6.07, 6.45) is 3.02. The van der Waals surface area contributed by atoms with Crippen LogP contribution in [0.25, 0.3) is 0 Å². The van der Waals surface area contributed by atoms with E-state index in [1.54, 1.807) is 0 Å². The predicted molar refractivity (Wildman–Crippen MR) is 50.4 cm³/mol. The molecule has 0 aliphatic heterocycles. The molecule has 0 bridgehead atoms. The largest absolute Gasteiger partial charge is 0.390 e. The Kier molecular flexibility index (Phi) is 3.25. The zero-order chi connectivity index (χ0) is 10.8. The monoisotopic (exact) mass is 219 g/mol. The number of aromatic nitrogens is 2. The van der Waals surface area contributed by atoms with Crippen molar-refractivity contribution >= 4 is 9.84 Å². The van der Waals surface area contributed by atoms with Gasteiger partial charge in [-0.15, -0.1) is 0 Å². The first-order chi connectivity index (χ1) is 6.43. The molecule has 0 amide bonds. The first-order valence-corrected chi connectivity index (χ1v) is 5.93. The van der Waals surface area contributed by atoms with Crippen LogP contribution in [-0.4, -0.2) is 42.2 Å². The van der Waals surface area contributed by atoms with Crippen molar-refractivity contribution in [3.05, 3.63) is 12.4 Å². The van der Waals surface area contributed by atoms with Gasteiger partial charge in [0.05, 0.1) is 18.8 Å². The van der Waals surface area contributed by atoms with E-state index in [1.807, 2.05) is 0 Å². The molecule has 0 saturated heterocycles. The molecule has 80 valence electrons. The van der Waals surface area contributed by atoms with E-state index in [-0.39, 0.29) is 18.0 Å². The Balaban J connectivity index is 2.79. The van der Waals surface area contributed by atoms with Crippen LogP contribution in [0.15, 0.2) is 17.3 Å². The number of hydrogen-bond acceptors (Lipinski definition) is 5. The zero-order valence-electron chi connectivity index (χ0n) is 7.79. The standard InChI is InChI=1S/C7H13N3O3S/c1-14(12,13)7-3-9-10(5-7)4-6(11)2-8/h3,5-6,11H,2,4,8H2,1H3. The summed E-state index contributed by atoms with van der Waals surface area (Å²) in [5.74, 6) is 0. The van der Waals surface area contributed by atoms with Gasteiger partial charge in [0.1, 0.15) is 4.90 Å². The van der Waals surface area contributed by atoms with Crippen LogP contribution in [0.2, 0.25) is 0 Å². The van der Waals surface area contributed by atoms with Crippen LogP contribution < -0.4 is 5.73 Å². The fourth-order valence-corrected chi connectivity index (χ4v) is 1.48. The molecule has 1 rings (SSSR count). The van der Waals surface area contributed by atoms with E-state index in [0.29, 0.717) is 0 Å². The average Bonchev–Trinajstić information content (AvgIpc) is 2.51. The maximum atomic E-state index is 11.1. The van der Waals surface area contributed by atoms with Gasteiger partial charge in [-0.25, -0.2) is 8.42 Å². The molecule has 0 aromatic carbocycles. The average molecular weight is 219 g/mol. The molecule has 1 aromatic rings. The van der Waals surface area contributed by atoms with Gasteiger partial charge in [0.2, 0.25) is 0 Å². The third-order valence-corrected chi connectivity index (χ3v) is 2.77. The fraction of sp³-hybridized carbons (Fsp3) is 0.571. The third kappa shape index (κ3) is 2.79. The Bertz CT molecular complexity index is 398. The SMILES string of the molecule is CS(=O)(=O)c1cnn(CC(O)CN)c1. The summed E-state index contributed by atoms with van der Waals surface area (Å²) in [4.78, 5) is 0.140. The molecule has 3 N–H and O–H groups in total. The molecule has 0 radical (unpaired) electrons. The van der Waals surface area contributed by atoms with Crippen LogP contribution >= 0.6 is 0 Å². The van der Waals surface area contributed by atoms with Crippen molar-refractivity contribution in [2.45, 2.75) is 17.5 Å². The molecule has 6 nitrogen and oxygen atoms in total. The molecule has 0 fully saturated rings. The van der Waals surface area contributed by atoms with Gasteiger partial charge in [-0.05, 0) is 0 Å². The highest BCUT2D eigenvalue weighted by molar-refractivity contribution is 7.90. The second kappa shape index (κ2) is 4.07. The number of nitrogens with two attached hydrogens (primary N) is 1. The van der Waals surface area contributed by atoms with Gasteiger partial charge in [-0.3, -0.25) is 4.68 Å². The van der Waals surface area contributed by atoms with Crippen molar-refractivity contribution < 1.29 is 13.5 Å². The molecule has 1 atom stereocenters. The minimum atomic E-state index is -3.22. The first kappa shape index (κ1) is 11.2. The van der Waals surface area contributed by atoms with Gasteiger partial charge in [-0.2, -0.15) is 5.10 Å². The smallest absolute Gasteiger partial charge is 0.178 e. The van der Waals surface area contributed by atoms with Crippen molar-refractivity contribution in [1.82, 2.24) is 9.78 Å². The zero-order valence-corrected chi connectivity index (χ0v) is 8.61. The van der Waals surface area contributed by atoms with Crippen LogP contribution in [0.4, 0.5) is 0 Å². The number of aliphatic hydroxyl groups excluding tert-OH is 1. The van der Waals surface area contributed by atoms with Crippen LogP contribution in [0.3, 0.4) is 0 Å². The molecule has 0 spiro atoms. The van der Waals surface area contributed by atoms with Crippen LogP contribution in [0.5, 0.6) is 0 Å². The lowest BCUT2D eigenvalue weighted by molar-refractivity contribution is 0.157. The Morgan fingerprint density at radius 2 is 2.36 bits per heavy atom. The quantitative estimate of drug-likeness (QED) is 0.649. The highest BCUT2D eigenvalue weighted by atomic mass is 32.2. The summed E-state index contributed by atoms with van der Waals surface area (Å²) in [7, 11) is -3.22. The van der Waals surface area contributed by atoms with E-state index in [1.165, 1.54) is 17.1 Å². The summed E-state index contributed by atoms with van der Waals surface area (Å²) in [5, 5.41) is 13.0. The summed E-state index contributed by atoms with van der Waals surface area (Å²) in [6.45, 7) is 0.320. The van der Waals surface area contributed by atoms with Crippen LogP contribution in [0.1, 0.15) is 0 Å². The van der Waals surface area contributed by atoms with Crippen molar-refractivity contribution in [2.75, 3.05) is 12.8 Å². The van der Waals surface area contributed by atoms with Gasteiger partial charge in [0.25, 0.3) is 0 Å². The van der Waals surface area contributed by atoms with E-state index in [0.717, 1.165) is 6.26 Å². The fourth-order valence-electron chi connectivity index (χ4n) is 0.926. The van der Waals surface area contributed by atoms with E-state index in [2.05, 4.69) is 5.10 Å². The highest BCUT2D eigenvalue weighted by Gasteiger charge is 2.11. The van der Waals surface area contributed by atoms with E-state index in [4.69, 9.17) is 5.73 Å². The van der Waals surface area contributed by atoms with Gasteiger partial charge in [-0.1, -0.05) is 0 Å². The van der Waals surface area contributed by atoms with Crippen molar-refractivity contribution in [2.24, 2.45) is 5.73 Å². The van der Waals surface area contributed by atoms with Crippen molar-refractivity contribution in [3.8, 4) is 0 Å². The summed E-state index contributed by atoms with van der Waals surface area (Å²) >= 11 is 0. The Labute approximate surface area is 82.3 Å². The number of rotatable bonds is 4. The summed E-state index contributed by atoms with van der Waals surface area (Å²) in [5.41, 5.74) is 5.20. The van der Waals surface area contributed by atoms with Gasteiger partial charge in [0.15, 0.2) is 9.84 Å². The van der Waals surface area contributed by atoms with Gasteiger partial charge >= 0.3 is 0 Å². The Morgan fingerprint density at radius 1 is 1.71 bits per heavy atom. The molecule has 14 heavy (non-hydrogen) atoms. The molecule has 1 unspecified atom stereocenters. The lowest BCUT2D eigenvalue weighted by Gasteiger charge is -2.06. The number of sulfone groups is 1. The van der Waals surface area contributed by atoms with Crippen LogP contribution in [-0.2, 0) is 16.4 Å². The minimum Gasteiger partial charge on any atom is -0.390 e. The second-order valence-corrected chi connectivity index (χ2v) is 5.08. The molecule has 0 aliphatic carbocycles. The number of nitrogens with zero attached hydrogens (tertiary/aromatic N) is 2. The van der Waals surface area contributed by atoms with Crippen molar-refractivity contribution in [3.63, 3.8) is 0 Å². The normalized spacial score (nSPS) is 14.2. The summed E-state index contributed by atoms with van der Waals surface area (Å²) in [6, 6.07) is 0. The third-order valence-electron chi connectivity index (χ3n) is 1.71. The maximum Gasteiger partial charge on any atom is 0.178 e. The van der Waals surface area contributed by atoms with Crippen LogP contribution in [0, 0.1) is 0 Å². The highest BCUT2D eigenvalue weighted by Crippen LogP contribution is 2.06. The second-order valence-electron chi connectivity index (χ2n) is 3.06. The Hall–Kier alpha value is -0.920. The topological polar surface area (TPSA) is 98.2 Å². The van der Waals surface area contributed by atoms with E-state index >= 15 is 0 Å². The minimum absolute atomic E-state index is 0.119. The van der Waals surface area contributed by atoms with Crippen molar-refractivity contribution in [1.29, 1.82) is 0 Å². The predicted octanol–water partition coefficient (Wildman–Crippen LogP) is -1.39. The Morgan fingerprint density at radius 3 is 2.79 bits per heavy atom. The molecule has 1 heterocycles. The molecular weight excluding hydrogens is 206 g/mol. The molecular formula is C7H13N3O3S. The van der Waals surface area contributed by atoms with E-state index in [9.17, 15) is 13.5 Å². The van der Waals surface area contributed by atoms with Gasteiger partial charge in [0, 0.05) is 19.0 Å². The number of hydrogen-bond donors (Lipinski definition) is 2. The maximum absolute atomic E-state index is 11.1. The molecule has 1 aromatic heterocycles. The van der Waals surface area contributed by atoms with Gasteiger partial charge < -0.3 is 10.8 Å².